The molecule has 4 N–H and O–H groups in total. The molecular formula is C15H22ClN3O3. The first kappa shape index (κ1) is 18.3. The smallest absolute Gasteiger partial charge is 0.255 e. The zero-order chi connectivity index (χ0) is 15.1. The van der Waals surface area contributed by atoms with Crippen molar-refractivity contribution in [2.24, 2.45) is 11.7 Å². The van der Waals surface area contributed by atoms with Crippen LogP contribution < -0.4 is 21.1 Å². The number of nitrogens with one attached hydrogen (secondary N) is 2. The van der Waals surface area contributed by atoms with Crippen molar-refractivity contribution < 1.29 is 14.3 Å². The van der Waals surface area contributed by atoms with E-state index in [0.717, 1.165) is 25.9 Å². The van der Waals surface area contributed by atoms with Crippen LogP contribution in [-0.4, -0.2) is 31.5 Å². The van der Waals surface area contributed by atoms with Gasteiger partial charge in [0.05, 0.1) is 0 Å². The van der Waals surface area contributed by atoms with Crippen LogP contribution in [-0.2, 0) is 9.59 Å². The fourth-order valence-electron chi connectivity index (χ4n) is 2.38. The van der Waals surface area contributed by atoms with Crippen LogP contribution in [0.25, 0.3) is 0 Å². The normalized spacial score (nSPS) is 14.7. The molecule has 0 radical (unpaired) electrons. The highest BCUT2D eigenvalue weighted by molar-refractivity contribution is 5.91. The van der Waals surface area contributed by atoms with Crippen molar-refractivity contribution in [3.05, 3.63) is 24.3 Å². The number of carbonyl (C=O) groups excluding carboxylic acids is 2. The number of rotatable bonds is 6. The third-order valence-corrected chi connectivity index (χ3v) is 3.43. The van der Waals surface area contributed by atoms with E-state index in [0.29, 0.717) is 23.8 Å². The lowest BCUT2D eigenvalue weighted by Crippen LogP contribution is -2.30. The van der Waals surface area contributed by atoms with Crippen molar-refractivity contribution in [3.63, 3.8) is 0 Å². The molecule has 0 saturated carbocycles. The number of anilines is 1. The van der Waals surface area contributed by atoms with Crippen LogP contribution in [0.3, 0.4) is 0 Å². The zero-order valence-corrected chi connectivity index (χ0v) is 13.2. The monoisotopic (exact) mass is 327 g/mol. The molecule has 1 aliphatic heterocycles. The number of hydrogen-bond acceptors (Lipinski definition) is 4. The van der Waals surface area contributed by atoms with Gasteiger partial charge in [0.1, 0.15) is 5.75 Å². The predicted molar refractivity (Wildman–Crippen MR) is 87.2 cm³/mol. The van der Waals surface area contributed by atoms with E-state index >= 15 is 0 Å². The Hall–Kier alpha value is -1.79. The summed E-state index contributed by atoms with van der Waals surface area (Å²) in [5.74, 6) is 0.429. The number of piperidine rings is 1. The van der Waals surface area contributed by atoms with Crippen LogP contribution >= 0.6 is 12.4 Å². The molecule has 7 heteroatoms. The van der Waals surface area contributed by atoms with Gasteiger partial charge < -0.3 is 21.1 Å². The largest absolute Gasteiger partial charge is 0.484 e. The van der Waals surface area contributed by atoms with Crippen LogP contribution in [0.2, 0.25) is 0 Å². The Morgan fingerprint density at radius 1 is 1.32 bits per heavy atom. The third kappa shape index (κ3) is 6.32. The summed E-state index contributed by atoms with van der Waals surface area (Å²) in [7, 11) is 0. The van der Waals surface area contributed by atoms with Crippen LogP contribution in [0.5, 0.6) is 5.75 Å². The minimum atomic E-state index is -0.532. The summed E-state index contributed by atoms with van der Waals surface area (Å²) in [6.45, 7) is 1.79. The highest BCUT2D eigenvalue weighted by Crippen LogP contribution is 2.20. The van der Waals surface area contributed by atoms with Gasteiger partial charge in [0.25, 0.3) is 5.91 Å². The molecule has 0 spiro atoms. The summed E-state index contributed by atoms with van der Waals surface area (Å²) in [5, 5.41) is 6.14. The maximum atomic E-state index is 12.0. The Bertz CT molecular complexity index is 505. The first-order chi connectivity index (χ1) is 10.1. The second kappa shape index (κ2) is 9.27. The zero-order valence-electron chi connectivity index (χ0n) is 12.3. The highest BCUT2D eigenvalue weighted by atomic mass is 35.5. The second-order valence-electron chi connectivity index (χ2n) is 5.23. The average molecular weight is 328 g/mol. The quantitative estimate of drug-likeness (QED) is 0.734. The van der Waals surface area contributed by atoms with Crippen LogP contribution in [0.4, 0.5) is 5.69 Å². The topological polar surface area (TPSA) is 93.5 Å². The van der Waals surface area contributed by atoms with Crippen molar-refractivity contribution in [1.29, 1.82) is 0 Å². The second-order valence-corrected chi connectivity index (χ2v) is 5.23. The van der Waals surface area contributed by atoms with Crippen LogP contribution in [0.15, 0.2) is 24.3 Å². The number of ether oxygens (including phenoxy) is 1. The molecular weight excluding hydrogens is 306 g/mol. The molecule has 0 unspecified atom stereocenters. The number of carbonyl (C=O) groups is 2. The summed E-state index contributed by atoms with van der Waals surface area (Å²) in [5.41, 5.74) is 5.69. The molecule has 1 fully saturated rings. The molecule has 0 atom stereocenters. The Kier molecular flexibility index (Phi) is 7.70. The number of hydrogen-bond donors (Lipinski definition) is 3. The van der Waals surface area contributed by atoms with E-state index in [1.54, 1.807) is 24.3 Å². The standard InChI is InChI=1S/C15H21N3O3.ClH/c16-14(19)10-21-13-3-1-2-12(9-13)18-15(20)8-11-4-6-17-7-5-11;/h1-3,9,11,17H,4-8,10H2,(H2,16,19)(H,18,20);1H. The van der Waals surface area contributed by atoms with E-state index < -0.39 is 5.91 Å². The maximum absolute atomic E-state index is 12.0. The fourth-order valence-corrected chi connectivity index (χ4v) is 2.38. The van der Waals surface area contributed by atoms with Gasteiger partial charge in [0.2, 0.25) is 5.91 Å². The first-order valence-electron chi connectivity index (χ1n) is 7.15. The lowest BCUT2D eigenvalue weighted by Gasteiger charge is -2.21. The summed E-state index contributed by atoms with van der Waals surface area (Å²) in [6.07, 6.45) is 2.61. The molecule has 122 valence electrons. The first-order valence-corrected chi connectivity index (χ1v) is 7.15. The molecule has 1 heterocycles. The van der Waals surface area contributed by atoms with Gasteiger partial charge >= 0.3 is 0 Å². The molecule has 2 amide bonds. The van der Waals surface area contributed by atoms with Gasteiger partial charge in [-0.3, -0.25) is 9.59 Å². The summed E-state index contributed by atoms with van der Waals surface area (Å²) >= 11 is 0. The van der Waals surface area contributed by atoms with E-state index in [4.69, 9.17) is 10.5 Å². The Labute approximate surface area is 136 Å². The maximum Gasteiger partial charge on any atom is 0.255 e. The van der Waals surface area contributed by atoms with E-state index in [9.17, 15) is 9.59 Å². The van der Waals surface area contributed by atoms with Crippen LogP contribution in [0, 0.1) is 5.92 Å². The Balaban J connectivity index is 0.00000242. The van der Waals surface area contributed by atoms with E-state index in [1.807, 2.05) is 0 Å². The Morgan fingerprint density at radius 3 is 2.73 bits per heavy atom. The third-order valence-electron chi connectivity index (χ3n) is 3.43. The van der Waals surface area contributed by atoms with Crippen molar-refractivity contribution in [2.45, 2.75) is 19.3 Å². The van der Waals surface area contributed by atoms with Gasteiger partial charge in [-0.05, 0) is 44.0 Å². The fraction of sp³-hybridized carbons (Fsp3) is 0.467. The van der Waals surface area contributed by atoms with Gasteiger partial charge in [0.15, 0.2) is 6.61 Å². The van der Waals surface area contributed by atoms with E-state index in [2.05, 4.69) is 10.6 Å². The summed E-state index contributed by atoms with van der Waals surface area (Å²) in [6, 6.07) is 6.95. The van der Waals surface area contributed by atoms with Gasteiger partial charge in [-0.25, -0.2) is 0 Å². The van der Waals surface area contributed by atoms with Gasteiger partial charge in [-0.2, -0.15) is 0 Å². The highest BCUT2D eigenvalue weighted by Gasteiger charge is 2.16. The van der Waals surface area contributed by atoms with Gasteiger partial charge in [-0.15, -0.1) is 12.4 Å². The molecule has 1 aliphatic rings. The number of halogens is 1. The number of primary amides is 1. The SMILES string of the molecule is Cl.NC(=O)COc1cccc(NC(=O)CC2CCNCC2)c1. The molecule has 1 aromatic rings. The Morgan fingerprint density at radius 2 is 2.05 bits per heavy atom. The molecule has 1 aromatic carbocycles. The molecule has 6 nitrogen and oxygen atoms in total. The van der Waals surface area contributed by atoms with Gasteiger partial charge in [0, 0.05) is 18.2 Å². The molecule has 0 aliphatic carbocycles. The molecule has 2 rings (SSSR count). The molecule has 0 bridgehead atoms. The molecule has 0 aromatic heterocycles. The summed E-state index contributed by atoms with van der Waals surface area (Å²) in [4.78, 5) is 22.7. The molecule has 1 saturated heterocycles. The lowest BCUT2D eigenvalue weighted by atomic mass is 9.94. The number of nitrogens with two attached hydrogens (primary N) is 1. The van der Waals surface area contributed by atoms with Crippen molar-refractivity contribution in [2.75, 3.05) is 25.0 Å². The van der Waals surface area contributed by atoms with Crippen molar-refractivity contribution in [3.8, 4) is 5.75 Å². The number of amides is 2. The van der Waals surface area contributed by atoms with E-state index in [1.165, 1.54) is 0 Å². The van der Waals surface area contributed by atoms with Crippen molar-refractivity contribution in [1.82, 2.24) is 5.32 Å². The minimum Gasteiger partial charge on any atom is -0.484 e. The van der Waals surface area contributed by atoms with Crippen LogP contribution in [0.1, 0.15) is 19.3 Å². The van der Waals surface area contributed by atoms with Gasteiger partial charge in [-0.1, -0.05) is 6.07 Å². The van der Waals surface area contributed by atoms with E-state index in [-0.39, 0.29) is 24.9 Å². The minimum absolute atomic E-state index is 0. The lowest BCUT2D eigenvalue weighted by molar-refractivity contribution is -0.120. The molecule has 22 heavy (non-hydrogen) atoms. The number of benzene rings is 1. The van der Waals surface area contributed by atoms with Crippen molar-refractivity contribution >= 4 is 29.9 Å². The predicted octanol–water partition coefficient (Wildman–Crippen LogP) is 1.30. The summed E-state index contributed by atoms with van der Waals surface area (Å²) < 4.78 is 5.21. The average Bonchev–Trinajstić information content (AvgIpc) is 2.46.